The molecule has 0 aliphatic rings. The molecule has 0 saturated heterocycles. The topological polar surface area (TPSA) is 63.8 Å². The van der Waals surface area contributed by atoms with Gasteiger partial charge in [-0.1, -0.05) is 5.16 Å². The molecule has 0 saturated carbocycles. The van der Waals surface area contributed by atoms with Crippen LogP contribution in [0.4, 0.5) is 5.13 Å². The van der Waals surface area contributed by atoms with Crippen molar-refractivity contribution in [2.24, 2.45) is 0 Å². The first-order chi connectivity index (χ1) is 6.45. The molecule has 2 heterocycles. The van der Waals surface area contributed by atoms with Crippen LogP contribution in [0.25, 0.3) is 0 Å². The smallest absolute Gasteiger partial charge is 0.213 e. The minimum atomic E-state index is 0.712. The van der Waals surface area contributed by atoms with Gasteiger partial charge in [0.05, 0.1) is 0 Å². The van der Waals surface area contributed by atoms with Crippen molar-refractivity contribution in [1.29, 1.82) is 0 Å². The largest absolute Gasteiger partial charge is 0.361 e. The van der Waals surface area contributed by atoms with Crippen LogP contribution < -0.4 is 5.32 Å². The highest BCUT2D eigenvalue weighted by atomic mass is 32.1. The summed E-state index contributed by atoms with van der Waals surface area (Å²) in [6, 6.07) is 0. The van der Waals surface area contributed by atoms with E-state index < -0.39 is 0 Å². The maximum Gasteiger partial charge on any atom is 0.213 e. The van der Waals surface area contributed by atoms with Gasteiger partial charge in [-0.25, -0.2) is 4.98 Å². The Hall–Kier alpha value is -1.43. The first-order valence-electron chi connectivity index (χ1n) is 3.84. The Morgan fingerprint density at radius 3 is 3.15 bits per heavy atom. The molecule has 0 atom stereocenters. The average Bonchev–Trinajstić information content (AvgIpc) is 2.75. The summed E-state index contributed by atoms with van der Waals surface area (Å²) in [7, 11) is 0. The maximum atomic E-state index is 4.60. The van der Waals surface area contributed by atoms with E-state index in [0.29, 0.717) is 5.82 Å². The highest BCUT2D eigenvalue weighted by Gasteiger charge is 1.98. The number of nitrogens with one attached hydrogen (secondary N) is 1. The first kappa shape index (κ1) is 8.18. The van der Waals surface area contributed by atoms with Crippen LogP contribution in [0.1, 0.15) is 5.82 Å². The van der Waals surface area contributed by atoms with E-state index in [4.69, 9.17) is 0 Å². The zero-order chi connectivity index (χ0) is 8.93. The van der Waals surface area contributed by atoms with Crippen LogP contribution in [0.5, 0.6) is 0 Å². The quantitative estimate of drug-likeness (QED) is 0.795. The van der Waals surface area contributed by atoms with Gasteiger partial charge in [0.1, 0.15) is 0 Å². The van der Waals surface area contributed by atoms with Gasteiger partial charge in [0.2, 0.25) is 6.39 Å². The summed E-state index contributed by atoms with van der Waals surface area (Å²) >= 11 is 1.57. The van der Waals surface area contributed by atoms with Crippen LogP contribution in [-0.4, -0.2) is 21.7 Å². The molecule has 1 N–H and O–H groups in total. The Morgan fingerprint density at radius 1 is 1.46 bits per heavy atom. The molecule has 0 aliphatic carbocycles. The van der Waals surface area contributed by atoms with E-state index in [2.05, 4.69) is 25.0 Å². The normalized spacial score (nSPS) is 10.2. The molecule has 0 unspecified atom stereocenters. The second-order valence-electron chi connectivity index (χ2n) is 2.36. The van der Waals surface area contributed by atoms with E-state index in [-0.39, 0.29) is 0 Å². The second-order valence-corrected chi connectivity index (χ2v) is 3.26. The lowest BCUT2D eigenvalue weighted by molar-refractivity contribution is 0.410. The maximum absolute atomic E-state index is 4.60. The number of anilines is 1. The van der Waals surface area contributed by atoms with Crippen LogP contribution in [0.3, 0.4) is 0 Å². The number of aromatic nitrogens is 3. The molecule has 0 aromatic carbocycles. The molecule has 0 fully saturated rings. The summed E-state index contributed by atoms with van der Waals surface area (Å²) < 4.78 is 4.60. The number of thiazole rings is 1. The van der Waals surface area contributed by atoms with Gasteiger partial charge in [-0.3, -0.25) is 0 Å². The van der Waals surface area contributed by atoms with E-state index in [1.54, 1.807) is 17.5 Å². The zero-order valence-electron chi connectivity index (χ0n) is 6.80. The molecular formula is C7H8N4OS. The van der Waals surface area contributed by atoms with Gasteiger partial charge in [0, 0.05) is 24.5 Å². The summed E-state index contributed by atoms with van der Waals surface area (Å²) in [6.45, 7) is 0.771. The van der Waals surface area contributed by atoms with Gasteiger partial charge in [0.25, 0.3) is 0 Å². The monoisotopic (exact) mass is 196 g/mol. The van der Waals surface area contributed by atoms with Gasteiger partial charge >= 0.3 is 0 Å². The lowest BCUT2D eigenvalue weighted by Crippen LogP contribution is -2.05. The fraction of sp³-hybridized carbons (Fsp3) is 0.286. The molecule has 0 bridgehead atoms. The molecule has 13 heavy (non-hydrogen) atoms. The predicted molar refractivity (Wildman–Crippen MR) is 48.6 cm³/mol. The second kappa shape index (κ2) is 3.99. The third kappa shape index (κ3) is 2.25. The standard InChI is InChI=1S/C7H8N4OS/c1(6-10-5-12-11-6)2-8-7-9-3-4-13-7/h3-5H,1-2H2,(H,8,9). The summed E-state index contributed by atoms with van der Waals surface area (Å²) in [6.07, 6.45) is 3.84. The van der Waals surface area contributed by atoms with Gasteiger partial charge in [-0.05, 0) is 0 Å². The van der Waals surface area contributed by atoms with Crippen LogP contribution in [0, 0.1) is 0 Å². The number of hydrogen-bond donors (Lipinski definition) is 1. The molecule has 2 aromatic heterocycles. The molecule has 0 aliphatic heterocycles. The summed E-state index contributed by atoms with van der Waals surface area (Å²) in [4.78, 5) is 7.98. The van der Waals surface area contributed by atoms with Crippen molar-refractivity contribution in [3.8, 4) is 0 Å². The van der Waals surface area contributed by atoms with Crippen molar-refractivity contribution in [3.05, 3.63) is 23.8 Å². The molecule has 5 nitrogen and oxygen atoms in total. The highest BCUT2D eigenvalue weighted by Crippen LogP contribution is 2.09. The van der Waals surface area contributed by atoms with Crippen LogP contribution in [0.15, 0.2) is 22.5 Å². The van der Waals surface area contributed by atoms with Gasteiger partial charge in [-0.15, -0.1) is 11.3 Å². The Bertz CT molecular complexity index is 297. The van der Waals surface area contributed by atoms with Crippen molar-refractivity contribution in [2.75, 3.05) is 11.9 Å². The molecule has 2 rings (SSSR count). The average molecular weight is 196 g/mol. The van der Waals surface area contributed by atoms with Crippen molar-refractivity contribution in [1.82, 2.24) is 15.1 Å². The summed E-state index contributed by atoms with van der Waals surface area (Å²) in [5.74, 6) is 0.712. The Kier molecular flexibility index (Phi) is 2.51. The highest BCUT2D eigenvalue weighted by molar-refractivity contribution is 7.13. The SMILES string of the molecule is c1csc(NCCc2ncon2)n1. The van der Waals surface area contributed by atoms with E-state index in [1.165, 1.54) is 6.39 Å². The Balaban J connectivity index is 1.76. The van der Waals surface area contributed by atoms with Gasteiger partial charge in [-0.2, -0.15) is 4.98 Å². The number of rotatable bonds is 4. The fourth-order valence-electron chi connectivity index (χ4n) is 0.895. The van der Waals surface area contributed by atoms with Crippen LogP contribution >= 0.6 is 11.3 Å². The van der Waals surface area contributed by atoms with E-state index in [1.807, 2.05) is 5.38 Å². The van der Waals surface area contributed by atoms with Crippen molar-refractivity contribution < 1.29 is 4.52 Å². The van der Waals surface area contributed by atoms with E-state index in [9.17, 15) is 0 Å². The number of nitrogens with zero attached hydrogens (tertiary/aromatic N) is 3. The molecule has 0 amide bonds. The third-order valence-corrected chi connectivity index (χ3v) is 2.19. The fourth-order valence-corrected chi connectivity index (χ4v) is 1.45. The molecule has 0 radical (unpaired) electrons. The number of hydrogen-bond acceptors (Lipinski definition) is 6. The minimum absolute atomic E-state index is 0.712. The van der Waals surface area contributed by atoms with Gasteiger partial charge < -0.3 is 9.84 Å². The predicted octanol–water partition coefficient (Wildman–Crippen LogP) is 1.18. The van der Waals surface area contributed by atoms with Crippen LogP contribution in [0.2, 0.25) is 0 Å². The lowest BCUT2D eigenvalue weighted by Gasteiger charge is -1.97. The van der Waals surface area contributed by atoms with Crippen molar-refractivity contribution in [3.63, 3.8) is 0 Å². The third-order valence-electron chi connectivity index (χ3n) is 1.46. The zero-order valence-corrected chi connectivity index (χ0v) is 7.62. The Labute approximate surface area is 78.8 Å². The molecular weight excluding hydrogens is 188 g/mol. The Morgan fingerprint density at radius 2 is 2.46 bits per heavy atom. The van der Waals surface area contributed by atoms with Crippen LogP contribution in [-0.2, 0) is 6.42 Å². The molecule has 68 valence electrons. The lowest BCUT2D eigenvalue weighted by atomic mass is 10.4. The minimum Gasteiger partial charge on any atom is -0.361 e. The first-order valence-corrected chi connectivity index (χ1v) is 4.72. The van der Waals surface area contributed by atoms with Gasteiger partial charge in [0.15, 0.2) is 11.0 Å². The summed E-state index contributed by atoms with van der Waals surface area (Å²) in [5.41, 5.74) is 0. The van der Waals surface area contributed by atoms with Crippen molar-refractivity contribution in [2.45, 2.75) is 6.42 Å². The molecule has 2 aromatic rings. The molecule has 0 spiro atoms. The van der Waals surface area contributed by atoms with Crippen molar-refractivity contribution >= 4 is 16.5 Å². The van der Waals surface area contributed by atoms with E-state index >= 15 is 0 Å². The summed E-state index contributed by atoms with van der Waals surface area (Å²) in [5, 5.41) is 9.69. The van der Waals surface area contributed by atoms with E-state index in [0.717, 1.165) is 18.1 Å². The molecule has 6 heteroatoms.